The van der Waals surface area contributed by atoms with E-state index in [1.807, 2.05) is 0 Å². The van der Waals surface area contributed by atoms with Gasteiger partial charge in [-0.15, -0.1) is 0 Å². The van der Waals surface area contributed by atoms with Crippen LogP contribution in [0.3, 0.4) is 0 Å². The number of aliphatic hydroxyl groups is 1. The van der Waals surface area contributed by atoms with Crippen LogP contribution in [0.2, 0.25) is 4.82 Å². The first kappa shape index (κ1) is 11.6. The molecule has 0 aromatic carbocycles. The van der Waals surface area contributed by atoms with E-state index in [4.69, 9.17) is 0 Å². The van der Waals surface area contributed by atoms with Crippen molar-refractivity contribution in [2.24, 2.45) is 4.99 Å². The Kier molecular flexibility index (Phi) is 3.87. The molecule has 1 heterocycles. The standard InChI is InChI=1S/C12H21NOSe/c1-2-3-4-7-11-13-12(14)8-5-6-10(9-12)15-11/h10,14H,2-9H2,1H3. The van der Waals surface area contributed by atoms with Crippen molar-refractivity contribution in [3.63, 3.8) is 0 Å². The van der Waals surface area contributed by atoms with Crippen LogP contribution in [0.4, 0.5) is 0 Å². The Morgan fingerprint density at radius 2 is 2.40 bits per heavy atom. The minimum atomic E-state index is -0.648. The molecule has 1 saturated carbocycles. The molecule has 2 nitrogen and oxygen atoms in total. The molecule has 1 N–H and O–H groups in total. The topological polar surface area (TPSA) is 32.6 Å². The van der Waals surface area contributed by atoms with Crippen LogP contribution in [0.25, 0.3) is 0 Å². The summed E-state index contributed by atoms with van der Waals surface area (Å²) in [7, 11) is 0. The van der Waals surface area contributed by atoms with Crippen molar-refractivity contribution in [3.05, 3.63) is 0 Å². The molecule has 3 heteroatoms. The fourth-order valence-corrected chi connectivity index (χ4v) is 5.63. The molecule has 0 radical (unpaired) electrons. The molecule has 0 amide bonds. The van der Waals surface area contributed by atoms with Crippen LogP contribution in [0.15, 0.2) is 4.99 Å². The zero-order valence-electron chi connectivity index (χ0n) is 9.54. The van der Waals surface area contributed by atoms with Crippen molar-refractivity contribution in [1.82, 2.24) is 0 Å². The number of fused-ring (bicyclic) bond motifs is 2. The summed E-state index contributed by atoms with van der Waals surface area (Å²) in [5.74, 6) is 0. The molecule has 0 spiro atoms. The average Bonchev–Trinajstić information content (AvgIpc) is 2.16. The van der Waals surface area contributed by atoms with Gasteiger partial charge in [-0.3, -0.25) is 0 Å². The summed E-state index contributed by atoms with van der Waals surface area (Å²) < 4.78 is 1.36. The van der Waals surface area contributed by atoms with Gasteiger partial charge < -0.3 is 0 Å². The van der Waals surface area contributed by atoms with Crippen LogP contribution in [0, 0.1) is 0 Å². The van der Waals surface area contributed by atoms with Crippen molar-refractivity contribution in [3.8, 4) is 0 Å². The van der Waals surface area contributed by atoms with Crippen molar-refractivity contribution < 1.29 is 5.11 Å². The van der Waals surface area contributed by atoms with Gasteiger partial charge in [0.1, 0.15) is 0 Å². The van der Waals surface area contributed by atoms with Gasteiger partial charge in [0.2, 0.25) is 0 Å². The Morgan fingerprint density at radius 3 is 3.13 bits per heavy atom. The average molecular weight is 274 g/mol. The number of hydrogen-bond acceptors (Lipinski definition) is 2. The summed E-state index contributed by atoms with van der Waals surface area (Å²) in [6, 6.07) is 0. The molecule has 2 unspecified atom stereocenters. The van der Waals surface area contributed by atoms with E-state index in [2.05, 4.69) is 11.9 Å². The summed E-state index contributed by atoms with van der Waals surface area (Å²) in [5.41, 5.74) is -0.648. The van der Waals surface area contributed by atoms with E-state index in [1.54, 1.807) is 0 Å². The summed E-state index contributed by atoms with van der Waals surface area (Å²) in [6.45, 7) is 2.23. The molecule has 86 valence electrons. The molecule has 2 aliphatic rings. The first-order valence-corrected chi connectivity index (χ1v) is 8.04. The second-order valence-electron chi connectivity index (χ2n) is 4.78. The SMILES string of the molecule is CCCCCC1=NC2(O)CCCC(C2)[Se]1. The third-order valence-corrected chi connectivity index (χ3v) is 6.02. The molecule has 2 rings (SSSR count). The predicted octanol–water partition coefficient (Wildman–Crippen LogP) is 2.73. The Hall–Kier alpha value is 0.149. The molecule has 2 bridgehead atoms. The molecule has 0 aromatic rings. The van der Waals surface area contributed by atoms with E-state index in [9.17, 15) is 5.11 Å². The maximum absolute atomic E-state index is 10.3. The predicted molar refractivity (Wildman–Crippen MR) is 64.5 cm³/mol. The van der Waals surface area contributed by atoms with Crippen molar-refractivity contribution in [2.75, 3.05) is 0 Å². The molecule has 1 aliphatic carbocycles. The van der Waals surface area contributed by atoms with Gasteiger partial charge in [-0.25, -0.2) is 0 Å². The molecule has 2 atom stereocenters. The van der Waals surface area contributed by atoms with Gasteiger partial charge in [0.05, 0.1) is 0 Å². The van der Waals surface area contributed by atoms with Crippen molar-refractivity contribution >= 4 is 19.6 Å². The van der Waals surface area contributed by atoms with Crippen molar-refractivity contribution in [1.29, 1.82) is 0 Å². The van der Waals surface area contributed by atoms with E-state index >= 15 is 0 Å². The Labute approximate surface area is 98.7 Å². The quantitative estimate of drug-likeness (QED) is 0.620. The van der Waals surface area contributed by atoms with E-state index in [0.717, 1.165) is 24.1 Å². The van der Waals surface area contributed by atoms with Crippen LogP contribution in [-0.4, -0.2) is 30.4 Å². The molecular formula is C12H21NOSe. The Morgan fingerprint density at radius 1 is 1.53 bits per heavy atom. The number of nitrogens with zero attached hydrogens (tertiary/aromatic N) is 1. The molecular weight excluding hydrogens is 253 g/mol. The Balaban J connectivity index is 1.94. The number of hydrogen-bond donors (Lipinski definition) is 1. The molecule has 0 aromatic heterocycles. The van der Waals surface area contributed by atoms with Gasteiger partial charge in [0.25, 0.3) is 0 Å². The summed E-state index contributed by atoms with van der Waals surface area (Å²) >= 11 is 0.584. The molecule has 15 heavy (non-hydrogen) atoms. The van der Waals surface area contributed by atoms with E-state index in [1.165, 1.54) is 36.7 Å². The van der Waals surface area contributed by atoms with Crippen LogP contribution in [0.1, 0.15) is 58.3 Å². The Bertz CT molecular complexity index is 254. The van der Waals surface area contributed by atoms with Gasteiger partial charge in [0.15, 0.2) is 0 Å². The van der Waals surface area contributed by atoms with Gasteiger partial charge in [0, 0.05) is 0 Å². The minimum absolute atomic E-state index is 0.584. The molecule has 1 fully saturated rings. The van der Waals surface area contributed by atoms with E-state index in [-0.39, 0.29) is 0 Å². The summed E-state index contributed by atoms with van der Waals surface area (Å²) in [6.07, 6.45) is 9.34. The second-order valence-corrected chi connectivity index (χ2v) is 7.66. The fourth-order valence-electron chi connectivity index (χ4n) is 2.48. The second kappa shape index (κ2) is 4.99. The van der Waals surface area contributed by atoms with Crippen LogP contribution in [0.5, 0.6) is 0 Å². The van der Waals surface area contributed by atoms with Crippen molar-refractivity contribution in [2.45, 2.75) is 68.8 Å². The van der Waals surface area contributed by atoms with Crippen LogP contribution in [-0.2, 0) is 0 Å². The maximum atomic E-state index is 10.3. The van der Waals surface area contributed by atoms with Gasteiger partial charge in [-0.05, 0) is 0 Å². The van der Waals surface area contributed by atoms with Gasteiger partial charge >= 0.3 is 98.5 Å². The number of rotatable bonds is 4. The first-order valence-electron chi connectivity index (χ1n) is 6.19. The van der Waals surface area contributed by atoms with E-state index in [0.29, 0.717) is 15.0 Å². The summed E-state index contributed by atoms with van der Waals surface area (Å²) in [5, 5.41) is 10.3. The van der Waals surface area contributed by atoms with Gasteiger partial charge in [-0.1, -0.05) is 0 Å². The fraction of sp³-hybridized carbons (Fsp3) is 0.917. The zero-order valence-corrected chi connectivity index (χ0v) is 11.2. The van der Waals surface area contributed by atoms with Crippen LogP contribution >= 0.6 is 0 Å². The number of aliphatic imine (C=N–C) groups is 1. The normalized spacial score (nSPS) is 35.1. The molecule has 0 saturated heterocycles. The first-order chi connectivity index (χ1) is 7.22. The van der Waals surface area contributed by atoms with Crippen LogP contribution < -0.4 is 0 Å². The monoisotopic (exact) mass is 275 g/mol. The zero-order chi connectivity index (χ0) is 10.7. The molecule has 1 aliphatic heterocycles. The van der Waals surface area contributed by atoms with E-state index < -0.39 is 5.72 Å². The number of unbranched alkanes of at least 4 members (excludes halogenated alkanes) is 2. The third kappa shape index (κ3) is 3.05. The third-order valence-electron chi connectivity index (χ3n) is 3.29. The summed E-state index contributed by atoms with van der Waals surface area (Å²) in [4.78, 5) is 5.39. The van der Waals surface area contributed by atoms with Gasteiger partial charge in [-0.2, -0.15) is 0 Å².